The average Bonchev–Trinajstić information content (AvgIpc) is 3.17. The van der Waals surface area contributed by atoms with Gasteiger partial charge in [-0.15, -0.1) is 0 Å². The standard InChI is InChI=1S/C21H25N3O5S/c1-23(29-2)30(27,28)18-11-6-10-17(14-18)21(26)22-19(16-8-4-3-5-9-16)15-24-13-7-12-20(24)25/h3-6,8-11,14,19H,7,12-13,15H2,1-2H3,(H,22,26). The molecule has 1 atom stereocenters. The van der Waals surface area contributed by atoms with E-state index < -0.39 is 22.0 Å². The van der Waals surface area contributed by atoms with Crippen molar-refractivity contribution in [2.24, 2.45) is 0 Å². The molecule has 1 N–H and O–H groups in total. The predicted molar refractivity (Wildman–Crippen MR) is 111 cm³/mol. The molecule has 2 aromatic carbocycles. The number of likely N-dealkylation sites (tertiary alicyclic amines) is 1. The molecule has 8 nitrogen and oxygen atoms in total. The van der Waals surface area contributed by atoms with Crippen molar-refractivity contribution < 1.29 is 22.8 Å². The molecule has 2 aromatic rings. The lowest BCUT2D eigenvalue weighted by Gasteiger charge is -2.25. The third-order valence-corrected chi connectivity index (χ3v) is 6.75. The quantitative estimate of drug-likeness (QED) is 0.645. The normalized spacial score (nSPS) is 15.4. The number of hydrogen-bond donors (Lipinski definition) is 1. The highest BCUT2D eigenvalue weighted by Crippen LogP contribution is 2.20. The number of hydrogen-bond acceptors (Lipinski definition) is 5. The fourth-order valence-electron chi connectivity index (χ4n) is 3.32. The smallest absolute Gasteiger partial charge is 0.264 e. The molecule has 0 spiro atoms. The first-order chi connectivity index (χ1) is 14.3. The molecule has 1 unspecified atom stereocenters. The molecule has 0 aliphatic carbocycles. The van der Waals surface area contributed by atoms with Gasteiger partial charge in [-0.25, -0.2) is 8.42 Å². The van der Waals surface area contributed by atoms with E-state index in [4.69, 9.17) is 4.84 Å². The minimum Gasteiger partial charge on any atom is -0.343 e. The molecule has 1 aliphatic heterocycles. The van der Waals surface area contributed by atoms with Crippen molar-refractivity contribution in [3.63, 3.8) is 0 Å². The number of nitrogens with zero attached hydrogens (tertiary/aromatic N) is 2. The summed E-state index contributed by atoms with van der Waals surface area (Å²) in [5.41, 5.74) is 1.07. The number of carbonyl (C=O) groups is 2. The van der Waals surface area contributed by atoms with Gasteiger partial charge in [0.1, 0.15) is 0 Å². The summed E-state index contributed by atoms with van der Waals surface area (Å²) in [6, 6.07) is 14.7. The van der Waals surface area contributed by atoms with Crippen molar-refractivity contribution in [3.05, 3.63) is 65.7 Å². The maximum Gasteiger partial charge on any atom is 0.264 e. The molecular weight excluding hydrogens is 406 g/mol. The van der Waals surface area contributed by atoms with Crippen LogP contribution < -0.4 is 5.32 Å². The van der Waals surface area contributed by atoms with Crippen molar-refractivity contribution in [1.82, 2.24) is 14.7 Å². The van der Waals surface area contributed by atoms with Gasteiger partial charge < -0.3 is 10.2 Å². The van der Waals surface area contributed by atoms with Crippen molar-refractivity contribution in [3.8, 4) is 0 Å². The van der Waals surface area contributed by atoms with E-state index >= 15 is 0 Å². The van der Waals surface area contributed by atoms with E-state index in [-0.39, 0.29) is 16.4 Å². The molecule has 2 amide bonds. The summed E-state index contributed by atoms with van der Waals surface area (Å²) in [7, 11) is -1.35. The molecule has 0 saturated carbocycles. The molecular formula is C21H25N3O5S. The summed E-state index contributed by atoms with van der Waals surface area (Å²) in [6.07, 6.45) is 1.32. The van der Waals surface area contributed by atoms with Gasteiger partial charge in [-0.3, -0.25) is 14.4 Å². The third-order valence-electron chi connectivity index (χ3n) is 5.07. The average molecular weight is 432 g/mol. The molecule has 1 aliphatic rings. The second kappa shape index (κ2) is 9.38. The van der Waals surface area contributed by atoms with E-state index in [0.29, 0.717) is 19.5 Å². The minimum absolute atomic E-state index is 0.0505. The number of benzene rings is 2. The van der Waals surface area contributed by atoms with Gasteiger partial charge >= 0.3 is 0 Å². The van der Waals surface area contributed by atoms with Gasteiger partial charge in [-0.05, 0) is 30.2 Å². The van der Waals surface area contributed by atoms with Crippen molar-refractivity contribution >= 4 is 21.8 Å². The number of carbonyl (C=O) groups excluding carboxylic acids is 2. The fourth-order valence-corrected chi connectivity index (χ4v) is 4.34. The fraction of sp³-hybridized carbons (Fsp3) is 0.333. The first-order valence-electron chi connectivity index (χ1n) is 9.59. The second-order valence-electron chi connectivity index (χ2n) is 7.01. The van der Waals surface area contributed by atoms with Crippen LogP contribution in [-0.4, -0.2) is 56.8 Å². The maximum absolute atomic E-state index is 12.9. The van der Waals surface area contributed by atoms with Crippen LogP contribution >= 0.6 is 0 Å². The Morgan fingerprint density at radius 3 is 2.57 bits per heavy atom. The van der Waals surface area contributed by atoms with Crippen LogP contribution in [0.15, 0.2) is 59.5 Å². The zero-order chi connectivity index (χ0) is 21.7. The SMILES string of the molecule is CON(C)S(=O)(=O)c1cccc(C(=O)NC(CN2CCCC2=O)c2ccccc2)c1. The largest absolute Gasteiger partial charge is 0.343 e. The highest BCUT2D eigenvalue weighted by Gasteiger charge is 2.26. The lowest BCUT2D eigenvalue weighted by Crippen LogP contribution is -2.38. The summed E-state index contributed by atoms with van der Waals surface area (Å²) in [5, 5.41) is 2.95. The lowest BCUT2D eigenvalue weighted by atomic mass is 10.1. The van der Waals surface area contributed by atoms with Crippen LogP contribution in [0.1, 0.15) is 34.8 Å². The summed E-state index contributed by atoms with van der Waals surface area (Å²) in [4.78, 5) is 31.5. The Morgan fingerprint density at radius 2 is 1.93 bits per heavy atom. The van der Waals surface area contributed by atoms with Crippen LogP contribution in [-0.2, 0) is 19.7 Å². The molecule has 30 heavy (non-hydrogen) atoms. The van der Waals surface area contributed by atoms with Gasteiger partial charge in [0.2, 0.25) is 5.91 Å². The highest BCUT2D eigenvalue weighted by atomic mass is 32.2. The Labute approximate surface area is 176 Å². The zero-order valence-electron chi connectivity index (χ0n) is 16.9. The number of rotatable bonds is 8. The molecule has 3 rings (SSSR count). The summed E-state index contributed by atoms with van der Waals surface area (Å²) in [6.45, 7) is 1.02. The zero-order valence-corrected chi connectivity index (χ0v) is 17.8. The molecule has 0 aromatic heterocycles. The van der Waals surface area contributed by atoms with Gasteiger partial charge in [0.05, 0.1) is 18.0 Å². The predicted octanol–water partition coefficient (Wildman–Crippen LogP) is 1.96. The van der Waals surface area contributed by atoms with E-state index in [1.165, 1.54) is 32.4 Å². The Hall–Kier alpha value is -2.75. The molecule has 1 saturated heterocycles. The van der Waals surface area contributed by atoms with E-state index in [2.05, 4.69) is 5.32 Å². The van der Waals surface area contributed by atoms with Crippen LogP contribution in [0.25, 0.3) is 0 Å². The van der Waals surface area contributed by atoms with Crippen LogP contribution in [0.2, 0.25) is 0 Å². The van der Waals surface area contributed by atoms with Gasteiger partial charge in [-0.2, -0.15) is 0 Å². The lowest BCUT2D eigenvalue weighted by molar-refractivity contribution is -0.128. The molecule has 1 fully saturated rings. The van der Waals surface area contributed by atoms with E-state index in [9.17, 15) is 18.0 Å². The third kappa shape index (κ3) is 4.86. The van der Waals surface area contributed by atoms with Crippen LogP contribution in [0.4, 0.5) is 0 Å². The summed E-state index contributed by atoms with van der Waals surface area (Å²) in [5.74, 6) is -0.353. The molecule has 160 valence electrons. The molecule has 0 radical (unpaired) electrons. The first-order valence-corrected chi connectivity index (χ1v) is 11.0. The Balaban J connectivity index is 1.84. The number of hydroxylamine groups is 1. The summed E-state index contributed by atoms with van der Waals surface area (Å²) < 4.78 is 25.7. The number of sulfonamides is 1. The van der Waals surface area contributed by atoms with E-state index in [0.717, 1.165) is 16.5 Å². The van der Waals surface area contributed by atoms with E-state index in [1.54, 1.807) is 11.0 Å². The second-order valence-corrected chi connectivity index (χ2v) is 8.94. The van der Waals surface area contributed by atoms with Crippen molar-refractivity contribution in [1.29, 1.82) is 0 Å². The molecule has 9 heteroatoms. The van der Waals surface area contributed by atoms with Crippen molar-refractivity contribution in [2.45, 2.75) is 23.8 Å². The molecule has 1 heterocycles. The molecule has 0 bridgehead atoms. The van der Waals surface area contributed by atoms with Gasteiger partial charge in [0, 0.05) is 32.1 Å². The maximum atomic E-state index is 12.9. The van der Waals surface area contributed by atoms with Gasteiger partial charge in [-0.1, -0.05) is 40.9 Å². The van der Waals surface area contributed by atoms with Crippen LogP contribution in [0.5, 0.6) is 0 Å². The van der Waals surface area contributed by atoms with E-state index in [1.807, 2.05) is 30.3 Å². The Bertz CT molecular complexity index is 1010. The van der Waals surface area contributed by atoms with Crippen LogP contribution in [0.3, 0.4) is 0 Å². The monoisotopic (exact) mass is 431 g/mol. The number of nitrogens with one attached hydrogen (secondary N) is 1. The Morgan fingerprint density at radius 1 is 1.20 bits per heavy atom. The number of amides is 2. The van der Waals surface area contributed by atoms with Crippen molar-refractivity contribution in [2.75, 3.05) is 27.2 Å². The van der Waals surface area contributed by atoms with Crippen LogP contribution in [0, 0.1) is 0 Å². The highest BCUT2D eigenvalue weighted by molar-refractivity contribution is 7.89. The topological polar surface area (TPSA) is 96.0 Å². The Kier molecular flexibility index (Phi) is 6.86. The van der Waals surface area contributed by atoms with Gasteiger partial charge in [0.25, 0.3) is 15.9 Å². The van der Waals surface area contributed by atoms with Gasteiger partial charge in [0.15, 0.2) is 0 Å². The first kappa shape index (κ1) is 21.9. The summed E-state index contributed by atoms with van der Waals surface area (Å²) >= 11 is 0. The minimum atomic E-state index is -3.87.